The summed E-state index contributed by atoms with van der Waals surface area (Å²) in [5, 5.41) is 16.3. The van der Waals surface area contributed by atoms with Gasteiger partial charge >= 0.3 is 0 Å². The number of primary sulfonamides is 1. The summed E-state index contributed by atoms with van der Waals surface area (Å²) < 4.78 is 25.3. The molecule has 0 saturated heterocycles. The van der Waals surface area contributed by atoms with Crippen molar-refractivity contribution in [1.29, 1.82) is 0 Å². The van der Waals surface area contributed by atoms with E-state index in [1.54, 1.807) is 4.68 Å². The predicted molar refractivity (Wildman–Crippen MR) is 106 cm³/mol. The van der Waals surface area contributed by atoms with E-state index >= 15 is 0 Å². The highest BCUT2D eigenvalue weighted by atomic mass is 32.2. The van der Waals surface area contributed by atoms with E-state index in [0.29, 0.717) is 11.5 Å². The van der Waals surface area contributed by atoms with E-state index in [2.05, 4.69) is 15.5 Å². The Bertz CT molecular complexity index is 1230. The average molecular weight is 416 g/mol. The number of aromatic nitrogens is 4. The first-order valence-corrected chi connectivity index (χ1v) is 10.2. The highest BCUT2D eigenvalue weighted by Crippen LogP contribution is 2.15. The highest BCUT2D eigenvalue weighted by Gasteiger charge is 2.19. The second-order valence-electron chi connectivity index (χ2n) is 6.55. The SMILES string of the molecule is Cc1cc(C)n(-c2ccc(=O)n(C(C)C(=O)Nc3ccc(S(N)(=O)=O)cc3)n2)n1. The molecule has 1 amide bonds. The lowest BCUT2D eigenvalue weighted by molar-refractivity contribution is -0.119. The van der Waals surface area contributed by atoms with Crippen LogP contribution in [-0.2, 0) is 14.8 Å². The van der Waals surface area contributed by atoms with Crippen molar-refractivity contribution in [2.75, 3.05) is 5.32 Å². The Labute approximate surface area is 167 Å². The van der Waals surface area contributed by atoms with Gasteiger partial charge in [-0.3, -0.25) is 9.59 Å². The van der Waals surface area contributed by atoms with Crippen molar-refractivity contribution in [3.63, 3.8) is 0 Å². The van der Waals surface area contributed by atoms with Gasteiger partial charge in [0.05, 0.1) is 10.6 Å². The maximum atomic E-state index is 12.6. The van der Waals surface area contributed by atoms with Gasteiger partial charge in [-0.25, -0.2) is 22.9 Å². The predicted octanol–water partition coefficient (Wildman–Crippen LogP) is 0.893. The zero-order valence-corrected chi connectivity index (χ0v) is 16.8. The van der Waals surface area contributed by atoms with E-state index < -0.39 is 27.5 Å². The second-order valence-corrected chi connectivity index (χ2v) is 8.11. The number of nitrogens with zero attached hydrogens (tertiary/aromatic N) is 4. The van der Waals surface area contributed by atoms with Crippen molar-refractivity contribution < 1.29 is 13.2 Å². The first-order chi connectivity index (χ1) is 13.6. The number of nitrogens with two attached hydrogens (primary N) is 1. The van der Waals surface area contributed by atoms with E-state index in [1.807, 2.05) is 19.9 Å². The molecular weight excluding hydrogens is 396 g/mol. The number of nitrogens with one attached hydrogen (secondary N) is 1. The van der Waals surface area contributed by atoms with Gasteiger partial charge in [0.2, 0.25) is 15.9 Å². The van der Waals surface area contributed by atoms with Crippen LogP contribution in [0.3, 0.4) is 0 Å². The molecule has 1 atom stereocenters. The molecule has 3 aromatic rings. The molecule has 1 unspecified atom stereocenters. The van der Waals surface area contributed by atoms with Crippen molar-refractivity contribution >= 4 is 21.6 Å². The quantitative estimate of drug-likeness (QED) is 0.633. The smallest absolute Gasteiger partial charge is 0.267 e. The zero-order valence-electron chi connectivity index (χ0n) is 16.0. The number of benzene rings is 1. The number of carbonyl (C=O) groups is 1. The van der Waals surface area contributed by atoms with Gasteiger partial charge < -0.3 is 5.32 Å². The average Bonchev–Trinajstić information content (AvgIpc) is 2.99. The molecule has 11 heteroatoms. The summed E-state index contributed by atoms with van der Waals surface area (Å²) in [6.07, 6.45) is 0. The van der Waals surface area contributed by atoms with Crippen LogP contribution < -0.4 is 16.0 Å². The van der Waals surface area contributed by atoms with Gasteiger partial charge in [0, 0.05) is 17.4 Å². The molecule has 3 N–H and O–H groups in total. The van der Waals surface area contributed by atoms with E-state index in [0.717, 1.165) is 16.1 Å². The van der Waals surface area contributed by atoms with Gasteiger partial charge in [0.15, 0.2) is 5.82 Å². The molecule has 3 rings (SSSR count). The van der Waals surface area contributed by atoms with E-state index in [4.69, 9.17) is 5.14 Å². The monoisotopic (exact) mass is 416 g/mol. The lowest BCUT2D eigenvalue weighted by Crippen LogP contribution is -2.33. The minimum atomic E-state index is -3.82. The number of hydrogen-bond acceptors (Lipinski definition) is 6. The summed E-state index contributed by atoms with van der Waals surface area (Å²) in [6, 6.07) is 9.20. The molecule has 29 heavy (non-hydrogen) atoms. The molecule has 2 heterocycles. The number of carbonyl (C=O) groups excluding carboxylic acids is 1. The highest BCUT2D eigenvalue weighted by molar-refractivity contribution is 7.89. The summed E-state index contributed by atoms with van der Waals surface area (Å²) >= 11 is 0. The van der Waals surface area contributed by atoms with Gasteiger partial charge in [0.25, 0.3) is 5.56 Å². The fraction of sp³-hybridized carbons (Fsp3) is 0.222. The molecule has 0 bridgehead atoms. The molecule has 0 aliphatic rings. The van der Waals surface area contributed by atoms with Gasteiger partial charge in [-0.1, -0.05) is 0 Å². The van der Waals surface area contributed by atoms with Crippen molar-refractivity contribution in [2.45, 2.75) is 31.7 Å². The van der Waals surface area contributed by atoms with Crippen LogP contribution in [0, 0.1) is 13.8 Å². The third-order valence-electron chi connectivity index (χ3n) is 4.23. The Kier molecular flexibility index (Phi) is 5.36. The standard InChI is InChI=1S/C18H20N6O4S/c1-11-10-12(2)23(21-11)16-8-9-17(25)24(22-16)13(3)18(26)20-14-4-6-15(7-5-14)29(19,27)28/h4-10,13H,1-3H3,(H,20,26)(H2,19,27,28). The van der Waals surface area contributed by atoms with Crippen molar-refractivity contribution in [3.8, 4) is 5.82 Å². The molecule has 0 radical (unpaired) electrons. The molecule has 152 valence electrons. The lowest BCUT2D eigenvalue weighted by Gasteiger charge is -2.15. The van der Waals surface area contributed by atoms with Gasteiger partial charge in [-0.15, -0.1) is 5.10 Å². The summed E-state index contributed by atoms with van der Waals surface area (Å²) in [5.41, 5.74) is 1.56. The first kappa shape index (κ1) is 20.4. The van der Waals surface area contributed by atoms with Crippen LogP contribution in [0.15, 0.2) is 52.2 Å². The van der Waals surface area contributed by atoms with Crippen molar-refractivity contribution in [1.82, 2.24) is 19.6 Å². The maximum Gasteiger partial charge on any atom is 0.267 e. The Hall–Kier alpha value is -3.31. The Morgan fingerprint density at radius 3 is 2.31 bits per heavy atom. The maximum absolute atomic E-state index is 12.6. The van der Waals surface area contributed by atoms with Crippen LogP contribution in [0.1, 0.15) is 24.4 Å². The fourth-order valence-corrected chi connectivity index (χ4v) is 3.27. The Morgan fingerprint density at radius 1 is 1.10 bits per heavy atom. The van der Waals surface area contributed by atoms with Crippen LogP contribution in [0.5, 0.6) is 0 Å². The normalized spacial score (nSPS) is 12.6. The zero-order chi connectivity index (χ0) is 21.3. The largest absolute Gasteiger partial charge is 0.324 e. The molecule has 10 nitrogen and oxygen atoms in total. The third kappa shape index (κ3) is 4.41. The van der Waals surface area contributed by atoms with E-state index in [9.17, 15) is 18.0 Å². The number of aryl methyl sites for hydroxylation is 2. The number of hydrogen-bond donors (Lipinski definition) is 2. The van der Waals surface area contributed by atoms with Crippen molar-refractivity contribution in [3.05, 3.63) is 64.2 Å². The molecule has 0 aliphatic heterocycles. The summed E-state index contributed by atoms with van der Waals surface area (Å²) in [5.74, 6) is -0.0826. The summed E-state index contributed by atoms with van der Waals surface area (Å²) in [7, 11) is -3.82. The molecule has 0 saturated carbocycles. The first-order valence-electron chi connectivity index (χ1n) is 8.63. The topological polar surface area (TPSA) is 142 Å². The second kappa shape index (κ2) is 7.60. The van der Waals surface area contributed by atoms with Gasteiger partial charge in [-0.05, 0) is 57.2 Å². The summed E-state index contributed by atoms with van der Waals surface area (Å²) in [6.45, 7) is 5.24. The fourth-order valence-electron chi connectivity index (χ4n) is 2.75. The van der Waals surface area contributed by atoms with Crippen molar-refractivity contribution in [2.24, 2.45) is 5.14 Å². The molecule has 0 spiro atoms. The molecule has 0 fully saturated rings. The van der Waals surface area contributed by atoms with E-state index in [1.165, 1.54) is 43.3 Å². The minimum absolute atomic E-state index is 0.0704. The Morgan fingerprint density at radius 2 is 1.76 bits per heavy atom. The number of sulfonamides is 1. The van der Waals surface area contributed by atoms with Gasteiger partial charge in [-0.2, -0.15) is 5.10 Å². The Balaban J connectivity index is 1.85. The molecule has 2 aromatic heterocycles. The lowest BCUT2D eigenvalue weighted by atomic mass is 10.2. The van der Waals surface area contributed by atoms with Crippen LogP contribution in [0.2, 0.25) is 0 Å². The number of amides is 1. The minimum Gasteiger partial charge on any atom is -0.324 e. The van der Waals surface area contributed by atoms with Crippen LogP contribution in [0.25, 0.3) is 5.82 Å². The van der Waals surface area contributed by atoms with Crippen LogP contribution in [0.4, 0.5) is 5.69 Å². The van der Waals surface area contributed by atoms with Gasteiger partial charge in [0.1, 0.15) is 6.04 Å². The third-order valence-corrected chi connectivity index (χ3v) is 5.16. The molecule has 1 aromatic carbocycles. The number of anilines is 1. The van der Waals surface area contributed by atoms with Crippen LogP contribution in [-0.4, -0.2) is 33.9 Å². The number of rotatable bonds is 5. The molecular formula is C18H20N6O4S. The molecule has 0 aliphatic carbocycles. The van der Waals surface area contributed by atoms with Crippen LogP contribution >= 0.6 is 0 Å². The van der Waals surface area contributed by atoms with E-state index in [-0.39, 0.29) is 4.90 Å². The summed E-state index contributed by atoms with van der Waals surface area (Å²) in [4.78, 5) is 24.8.